The van der Waals surface area contributed by atoms with Gasteiger partial charge in [0.2, 0.25) is 5.91 Å². The van der Waals surface area contributed by atoms with Gasteiger partial charge in [-0.3, -0.25) is 4.79 Å². The van der Waals surface area contributed by atoms with Gasteiger partial charge >= 0.3 is 5.97 Å². The third kappa shape index (κ3) is 4.16. The highest BCUT2D eigenvalue weighted by molar-refractivity contribution is 9.11. The Morgan fingerprint density at radius 1 is 1.50 bits per heavy atom. The van der Waals surface area contributed by atoms with E-state index in [9.17, 15) is 9.59 Å². The molecule has 0 radical (unpaired) electrons. The number of carbonyl (C=O) groups is 2. The van der Waals surface area contributed by atoms with Gasteiger partial charge in [-0.2, -0.15) is 0 Å². The fraction of sp³-hybridized carbons (Fsp3) is 0.200. The predicted octanol–water partition coefficient (Wildman–Crippen LogP) is 2.11. The lowest BCUT2D eigenvalue weighted by Crippen LogP contribution is -2.23. The number of likely N-dealkylation sites (N-methyl/N-ethyl adjacent to an activating group) is 1. The number of halogens is 1. The summed E-state index contributed by atoms with van der Waals surface area (Å²) < 4.78 is 1.00. The van der Waals surface area contributed by atoms with Crippen LogP contribution in [0.25, 0.3) is 0 Å². The van der Waals surface area contributed by atoms with E-state index in [4.69, 9.17) is 5.11 Å². The first-order chi connectivity index (χ1) is 7.49. The molecule has 0 saturated carbocycles. The summed E-state index contributed by atoms with van der Waals surface area (Å²) in [5.41, 5.74) is 0. The molecular weight excluding hydrogens is 294 g/mol. The molecule has 0 aliphatic rings. The maximum Gasteiger partial charge on any atom is 0.328 e. The highest BCUT2D eigenvalue weighted by Crippen LogP contribution is 2.22. The topological polar surface area (TPSA) is 57.6 Å². The molecule has 1 N–H and O–H groups in total. The van der Waals surface area contributed by atoms with Crippen molar-refractivity contribution in [3.63, 3.8) is 0 Å². The molecule has 0 atom stereocenters. The summed E-state index contributed by atoms with van der Waals surface area (Å²) in [4.78, 5) is 24.1. The molecule has 0 aromatic carbocycles. The molecule has 0 aliphatic heterocycles. The van der Waals surface area contributed by atoms with E-state index in [-0.39, 0.29) is 5.91 Å². The molecule has 4 nitrogen and oxygen atoms in total. The van der Waals surface area contributed by atoms with Gasteiger partial charge in [0, 0.05) is 24.1 Å². The number of carboxylic acid groups (broad SMARTS) is 1. The van der Waals surface area contributed by atoms with Crippen molar-refractivity contribution >= 4 is 39.1 Å². The first-order valence-electron chi connectivity index (χ1n) is 4.39. The molecule has 0 fully saturated rings. The molecule has 1 aromatic heterocycles. The van der Waals surface area contributed by atoms with Crippen molar-refractivity contribution < 1.29 is 14.7 Å². The SMILES string of the molecule is CN(Cc1ccc(Br)s1)C(=O)/C=C/C(=O)O. The van der Waals surface area contributed by atoms with E-state index < -0.39 is 5.97 Å². The van der Waals surface area contributed by atoms with Gasteiger partial charge in [-0.05, 0) is 28.1 Å². The Balaban J connectivity index is 2.55. The molecule has 1 aromatic rings. The van der Waals surface area contributed by atoms with Crippen LogP contribution in [0.3, 0.4) is 0 Å². The van der Waals surface area contributed by atoms with Gasteiger partial charge in [0.1, 0.15) is 0 Å². The van der Waals surface area contributed by atoms with Gasteiger partial charge in [0.05, 0.1) is 10.3 Å². The van der Waals surface area contributed by atoms with E-state index in [2.05, 4.69) is 15.9 Å². The fourth-order valence-electron chi connectivity index (χ4n) is 1.02. The number of amides is 1. The zero-order valence-corrected chi connectivity index (χ0v) is 10.9. The van der Waals surface area contributed by atoms with Crippen LogP contribution < -0.4 is 0 Å². The summed E-state index contributed by atoms with van der Waals surface area (Å²) in [6.07, 6.45) is 1.88. The molecule has 0 bridgehead atoms. The lowest BCUT2D eigenvalue weighted by atomic mass is 10.4. The number of hydrogen-bond acceptors (Lipinski definition) is 3. The second kappa shape index (κ2) is 5.81. The summed E-state index contributed by atoms with van der Waals surface area (Å²) in [6.45, 7) is 0.471. The number of carboxylic acids is 1. The molecular formula is C10H10BrNO3S. The van der Waals surface area contributed by atoms with Crippen molar-refractivity contribution in [1.29, 1.82) is 0 Å². The smallest absolute Gasteiger partial charge is 0.328 e. The van der Waals surface area contributed by atoms with Gasteiger partial charge in [-0.15, -0.1) is 11.3 Å². The Morgan fingerprint density at radius 2 is 2.19 bits per heavy atom. The molecule has 0 saturated heterocycles. The fourth-order valence-corrected chi connectivity index (χ4v) is 2.55. The highest BCUT2D eigenvalue weighted by atomic mass is 79.9. The zero-order chi connectivity index (χ0) is 12.1. The van der Waals surface area contributed by atoms with Crippen LogP contribution in [0.1, 0.15) is 4.88 Å². The van der Waals surface area contributed by atoms with E-state index in [0.717, 1.165) is 20.8 Å². The predicted molar refractivity (Wildman–Crippen MR) is 65.3 cm³/mol. The molecule has 1 amide bonds. The zero-order valence-electron chi connectivity index (χ0n) is 8.51. The van der Waals surface area contributed by atoms with E-state index in [1.165, 1.54) is 4.90 Å². The van der Waals surface area contributed by atoms with Crippen LogP contribution in [0.4, 0.5) is 0 Å². The summed E-state index contributed by atoms with van der Waals surface area (Å²) in [6, 6.07) is 3.82. The Bertz CT molecular complexity index is 427. The first kappa shape index (κ1) is 12.9. The largest absolute Gasteiger partial charge is 0.478 e. The lowest BCUT2D eigenvalue weighted by molar-refractivity contribution is -0.132. The van der Waals surface area contributed by atoms with E-state index in [1.54, 1.807) is 18.4 Å². The molecule has 0 aliphatic carbocycles. The van der Waals surface area contributed by atoms with Crippen molar-refractivity contribution in [2.45, 2.75) is 6.54 Å². The Morgan fingerprint density at radius 3 is 2.69 bits per heavy atom. The average Bonchev–Trinajstić information content (AvgIpc) is 2.60. The van der Waals surface area contributed by atoms with Crippen LogP contribution in [0.15, 0.2) is 28.1 Å². The Hall–Kier alpha value is -1.14. The van der Waals surface area contributed by atoms with Crippen molar-refractivity contribution in [1.82, 2.24) is 4.90 Å². The van der Waals surface area contributed by atoms with Gasteiger partial charge in [-0.25, -0.2) is 4.79 Å². The van der Waals surface area contributed by atoms with Crippen molar-refractivity contribution in [3.05, 3.63) is 32.9 Å². The van der Waals surface area contributed by atoms with Crippen LogP contribution in [0.2, 0.25) is 0 Å². The Kier molecular flexibility index (Phi) is 4.70. The van der Waals surface area contributed by atoms with E-state index in [1.807, 2.05) is 12.1 Å². The standard InChI is InChI=1S/C10H10BrNO3S/c1-12(9(13)4-5-10(14)15)6-7-2-3-8(11)16-7/h2-5H,6H2,1H3,(H,14,15)/b5-4+. The quantitative estimate of drug-likeness (QED) is 0.867. The van der Waals surface area contributed by atoms with Crippen LogP contribution in [0, 0.1) is 0 Å². The number of nitrogens with zero attached hydrogens (tertiary/aromatic N) is 1. The third-order valence-electron chi connectivity index (χ3n) is 1.77. The number of thiophene rings is 1. The van der Waals surface area contributed by atoms with E-state index in [0.29, 0.717) is 6.54 Å². The van der Waals surface area contributed by atoms with Crippen molar-refractivity contribution in [2.75, 3.05) is 7.05 Å². The molecule has 16 heavy (non-hydrogen) atoms. The van der Waals surface area contributed by atoms with E-state index >= 15 is 0 Å². The minimum atomic E-state index is -1.12. The molecule has 86 valence electrons. The number of hydrogen-bond donors (Lipinski definition) is 1. The minimum absolute atomic E-state index is 0.327. The molecule has 0 spiro atoms. The van der Waals surface area contributed by atoms with Crippen LogP contribution >= 0.6 is 27.3 Å². The lowest BCUT2D eigenvalue weighted by Gasteiger charge is -2.13. The average molecular weight is 304 g/mol. The summed E-state index contributed by atoms with van der Waals surface area (Å²) >= 11 is 4.87. The van der Waals surface area contributed by atoms with Crippen molar-refractivity contribution in [3.8, 4) is 0 Å². The maximum absolute atomic E-state index is 11.4. The first-order valence-corrected chi connectivity index (χ1v) is 6.00. The summed E-state index contributed by atoms with van der Waals surface area (Å²) in [5, 5.41) is 8.38. The number of carbonyl (C=O) groups excluding carboxylic acids is 1. The van der Waals surface area contributed by atoms with Crippen LogP contribution in [0.5, 0.6) is 0 Å². The molecule has 0 unspecified atom stereocenters. The van der Waals surface area contributed by atoms with Gasteiger partial charge < -0.3 is 10.0 Å². The van der Waals surface area contributed by atoms with Crippen LogP contribution in [-0.2, 0) is 16.1 Å². The normalized spacial score (nSPS) is 10.6. The monoisotopic (exact) mass is 303 g/mol. The number of aliphatic carboxylic acids is 1. The second-order valence-corrected chi connectivity index (χ2v) is 5.62. The number of rotatable bonds is 4. The third-order valence-corrected chi connectivity index (χ3v) is 3.37. The van der Waals surface area contributed by atoms with Gasteiger partial charge in [-0.1, -0.05) is 0 Å². The second-order valence-electron chi connectivity index (χ2n) is 3.07. The summed E-state index contributed by atoms with van der Waals surface area (Å²) in [5.74, 6) is -1.45. The van der Waals surface area contributed by atoms with Crippen molar-refractivity contribution in [2.24, 2.45) is 0 Å². The highest BCUT2D eigenvalue weighted by Gasteiger charge is 2.07. The molecule has 1 heterocycles. The summed E-state index contributed by atoms with van der Waals surface area (Å²) in [7, 11) is 1.63. The molecule has 6 heteroatoms. The molecule has 1 rings (SSSR count). The van der Waals surface area contributed by atoms with Gasteiger partial charge in [0.15, 0.2) is 0 Å². The Labute approximate surface area is 105 Å². The van der Waals surface area contributed by atoms with Crippen LogP contribution in [-0.4, -0.2) is 28.9 Å². The van der Waals surface area contributed by atoms with Gasteiger partial charge in [0.25, 0.3) is 0 Å². The minimum Gasteiger partial charge on any atom is -0.478 e. The maximum atomic E-state index is 11.4.